The molecule has 20 heavy (non-hydrogen) atoms. The molecule has 0 aromatic heterocycles. The van der Waals surface area contributed by atoms with Crippen LogP contribution in [-0.2, 0) is 14.2 Å². The van der Waals surface area contributed by atoms with E-state index in [4.69, 9.17) is 14.2 Å². The third kappa shape index (κ3) is 5.55. The maximum Gasteiger partial charge on any atom is 0.176 e. The Bertz CT molecular complexity index is 295. The molecule has 118 valence electrons. The number of rotatable bonds is 7. The van der Waals surface area contributed by atoms with Crippen LogP contribution in [-0.4, -0.2) is 33.2 Å². The highest BCUT2D eigenvalue weighted by Crippen LogP contribution is 2.35. The molecule has 0 radical (unpaired) electrons. The van der Waals surface area contributed by atoms with E-state index in [1.165, 1.54) is 24.8 Å². The fourth-order valence-corrected chi connectivity index (χ4v) is 3.06. The molecule has 1 fully saturated rings. The van der Waals surface area contributed by atoms with Gasteiger partial charge in [-0.25, -0.2) is 0 Å². The molecular weight excluding hydrogens is 252 g/mol. The van der Waals surface area contributed by atoms with Crippen molar-refractivity contribution in [3.05, 3.63) is 11.6 Å². The van der Waals surface area contributed by atoms with E-state index in [0.29, 0.717) is 24.5 Å². The van der Waals surface area contributed by atoms with Gasteiger partial charge in [-0.1, -0.05) is 27.2 Å². The minimum Gasteiger partial charge on any atom is -0.374 e. The van der Waals surface area contributed by atoms with Crippen molar-refractivity contribution in [3.63, 3.8) is 0 Å². The zero-order chi connectivity index (χ0) is 15.1. The first-order chi connectivity index (χ1) is 9.47. The van der Waals surface area contributed by atoms with Gasteiger partial charge in [-0.2, -0.15) is 0 Å². The van der Waals surface area contributed by atoms with E-state index in [2.05, 4.69) is 27.7 Å². The van der Waals surface area contributed by atoms with Gasteiger partial charge in [0.1, 0.15) is 0 Å². The summed E-state index contributed by atoms with van der Waals surface area (Å²) in [6.07, 6.45) is 5.93. The number of hydrogen-bond donors (Lipinski definition) is 0. The van der Waals surface area contributed by atoms with Crippen LogP contribution in [0.25, 0.3) is 0 Å². The van der Waals surface area contributed by atoms with Crippen molar-refractivity contribution in [1.82, 2.24) is 0 Å². The third-order valence-electron chi connectivity index (χ3n) is 4.37. The molecule has 1 rings (SSSR count). The quantitative estimate of drug-likeness (QED) is 0.522. The van der Waals surface area contributed by atoms with Crippen molar-refractivity contribution >= 4 is 0 Å². The minimum absolute atomic E-state index is 0.273. The first kappa shape index (κ1) is 17.7. The van der Waals surface area contributed by atoms with E-state index >= 15 is 0 Å². The van der Waals surface area contributed by atoms with Gasteiger partial charge in [0.15, 0.2) is 6.29 Å². The van der Waals surface area contributed by atoms with Gasteiger partial charge < -0.3 is 14.2 Å². The van der Waals surface area contributed by atoms with E-state index < -0.39 is 0 Å². The molecule has 0 aliphatic heterocycles. The predicted octanol–water partition coefficient (Wildman–Crippen LogP) is 4.03. The summed E-state index contributed by atoms with van der Waals surface area (Å²) in [5.41, 5.74) is 1.17. The Labute approximate surface area is 124 Å². The van der Waals surface area contributed by atoms with Crippen LogP contribution in [0, 0.1) is 17.8 Å². The SMILES string of the molecule is COC(/C=C(\C)CO[C@@H]1C[C@H](C)CC[C@H]1C(C)C)OC. The van der Waals surface area contributed by atoms with Gasteiger partial charge >= 0.3 is 0 Å². The van der Waals surface area contributed by atoms with Gasteiger partial charge in [-0.05, 0) is 49.2 Å². The molecule has 1 saturated carbocycles. The molecule has 0 saturated heterocycles. The van der Waals surface area contributed by atoms with Crippen LogP contribution in [0.4, 0.5) is 0 Å². The molecule has 0 N–H and O–H groups in total. The number of ether oxygens (including phenoxy) is 3. The highest BCUT2D eigenvalue weighted by atomic mass is 16.7. The number of hydrogen-bond acceptors (Lipinski definition) is 3. The summed E-state index contributed by atoms with van der Waals surface area (Å²) < 4.78 is 16.6. The average molecular weight is 284 g/mol. The molecular formula is C17H32O3. The summed E-state index contributed by atoms with van der Waals surface area (Å²) in [6, 6.07) is 0. The molecule has 0 bridgehead atoms. The largest absolute Gasteiger partial charge is 0.374 e. The Balaban J connectivity index is 2.52. The van der Waals surface area contributed by atoms with Crippen molar-refractivity contribution in [2.45, 2.75) is 59.4 Å². The Morgan fingerprint density at radius 3 is 2.40 bits per heavy atom. The predicted molar refractivity (Wildman–Crippen MR) is 82.6 cm³/mol. The van der Waals surface area contributed by atoms with Crippen LogP contribution in [0.3, 0.4) is 0 Å². The molecule has 0 heterocycles. The Kier molecular flexibility index (Phi) is 7.78. The van der Waals surface area contributed by atoms with Crippen LogP contribution in [0.1, 0.15) is 47.0 Å². The maximum absolute atomic E-state index is 6.20. The third-order valence-corrected chi connectivity index (χ3v) is 4.37. The fourth-order valence-electron chi connectivity index (χ4n) is 3.06. The van der Waals surface area contributed by atoms with E-state index in [1.807, 2.05) is 6.08 Å². The van der Waals surface area contributed by atoms with Crippen LogP contribution in [0.15, 0.2) is 11.6 Å². The molecule has 3 atom stereocenters. The van der Waals surface area contributed by atoms with Gasteiger partial charge in [0.05, 0.1) is 12.7 Å². The lowest BCUT2D eigenvalue weighted by Crippen LogP contribution is -2.34. The molecule has 1 aliphatic carbocycles. The van der Waals surface area contributed by atoms with E-state index in [9.17, 15) is 0 Å². The smallest absolute Gasteiger partial charge is 0.176 e. The van der Waals surface area contributed by atoms with Gasteiger partial charge in [-0.15, -0.1) is 0 Å². The van der Waals surface area contributed by atoms with Crippen molar-refractivity contribution < 1.29 is 14.2 Å². The molecule has 0 spiro atoms. The molecule has 0 unspecified atom stereocenters. The summed E-state index contributed by atoms with van der Waals surface area (Å²) in [5.74, 6) is 2.17. The summed E-state index contributed by atoms with van der Waals surface area (Å²) in [4.78, 5) is 0. The Hall–Kier alpha value is -0.380. The first-order valence-corrected chi connectivity index (χ1v) is 7.82. The standard InChI is InChI=1S/C17H32O3/c1-12(2)15-8-7-13(3)9-16(15)20-11-14(4)10-17(18-5)19-6/h10,12-13,15-17H,7-9,11H2,1-6H3/b14-10+/t13-,15+,16-/m1/s1. The molecule has 0 amide bonds. The van der Waals surface area contributed by atoms with Crippen molar-refractivity contribution in [2.24, 2.45) is 17.8 Å². The highest BCUT2D eigenvalue weighted by Gasteiger charge is 2.31. The summed E-state index contributed by atoms with van der Waals surface area (Å²) in [6.45, 7) is 9.70. The lowest BCUT2D eigenvalue weighted by Gasteiger charge is -2.37. The summed E-state index contributed by atoms with van der Waals surface area (Å²) >= 11 is 0. The van der Waals surface area contributed by atoms with Gasteiger partial charge in [0.25, 0.3) is 0 Å². The second-order valence-electron chi connectivity index (χ2n) is 6.53. The van der Waals surface area contributed by atoms with Crippen LogP contribution < -0.4 is 0 Å². The van der Waals surface area contributed by atoms with E-state index in [1.54, 1.807) is 14.2 Å². The first-order valence-electron chi connectivity index (χ1n) is 7.82. The van der Waals surface area contributed by atoms with Crippen molar-refractivity contribution in [1.29, 1.82) is 0 Å². The lowest BCUT2D eigenvalue weighted by molar-refractivity contribution is -0.0685. The monoisotopic (exact) mass is 284 g/mol. The fraction of sp³-hybridized carbons (Fsp3) is 0.882. The molecule has 1 aliphatic rings. The molecule has 3 nitrogen and oxygen atoms in total. The van der Waals surface area contributed by atoms with Crippen molar-refractivity contribution in [3.8, 4) is 0 Å². The zero-order valence-electron chi connectivity index (χ0n) is 14.0. The topological polar surface area (TPSA) is 27.7 Å². The number of methoxy groups -OCH3 is 2. The van der Waals surface area contributed by atoms with Crippen LogP contribution in [0.2, 0.25) is 0 Å². The zero-order valence-corrected chi connectivity index (χ0v) is 14.0. The second kappa shape index (κ2) is 8.81. The summed E-state index contributed by atoms with van der Waals surface area (Å²) in [5, 5.41) is 0. The average Bonchev–Trinajstić information content (AvgIpc) is 2.42. The molecule has 3 heteroatoms. The second-order valence-corrected chi connectivity index (χ2v) is 6.53. The van der Waals surface area contributed by atoms with Crippen LogP contribution >= 0.6 is 0 Å². The minimum atomic E-state index is -0.273. The normalized spacial score (nSPS) is 28.4. The summed E-state index contributed by atoms with van der Waals surface area (Å²) in [7, 11) is 3.30. The van der Waals surface area contributed by atoms with Crippen molar-refractivity contribution in [2.75, 3.05) is 20.8 Å². The Morgan fingerprint density at radius 2 is 1.85 bits per heavy atom. The Morgan fingerprint density at radius 1 is 1.20 bits per heavy atom. The van der Waals surface area contributed by atoms with E-state index in [-0.39, 0.29) is 6.29 Å². The van der Waals surface area contributed by atoms with Crippen LogP contribution in [0.5, 0.6) is 0 Å². The highest BCUT2D eigenvalue weighted by molar-refractivity contribution is 5.00. The van der Waals surface area contributed by atoms with E-state index in [0.717, 1.165) is 5.92 Å². The van der Waals surface area contributed by atoms with Gasteiger partial charge in [0.2, 0.25) is 0 Å². The van der Waals surface area contributed by atoms with Gasteiger partial charge in [0, 0.05) is 14.2 Å². The van der Waals surface area contributed by atoms with Gasteiger partial charge in [-0.3, -0.25) is 0 Å². The molecule has 0 aromatic rings. The lowest BCUT2D eigenvalue weighted by atomic mass is 9.75. The maximum atomic E-state index is 6.20. The molecule has 0 aromatic carbocycles.